The summed E-state index contributed by atoms with van der Waals surface area (Å²) in [5.74, 6) is 0.733. The zero-order valence-electron chi connectivity index (χ0n) is 15.7. The number of likely N-dealkylation sites (N-methyl/N-ethyl adjacent to an activating group) is 1. The minimum atomic E-state index is 0.0135. The van der Waals surface area contributed by atoms with E-state index in [2.05, 4.69) is 53.5 Å². The summed E-state index contributed by atoms with van der Waals surface area (Å²) in [6, 6.07) is 10.7. The molecule has 0 radical (unpaired) electrons. The largest absolute Gasteiger partial charge is 0.361 e. The van der Waals surface area contributed by atoms with Crippen molar-refractivity contribution >= 4 is 5.91 Å². The third-order valence-corrected chi connectivity index (χ3v) is 4.70. The van der Waals surface area contributed by atoms with E-state index in [4.69, 9.17) is 4.52 Å². The van der Waals surface area contributed by atoms with E-state index < -0.39 is 0 Å². The van der Waals surface area contributed by atoms with Gasteiger partial charge >= 0.3 is 0 Å². The molecule has 0 aliphatic rings. The van der Waals surface area contributed by atoms with E-state index in [0.29, 0.717) is 13.0 Å². The molecule has 1 atom stereocenters. The molecular formula is C20H29N3O2. The summed E-state index contributed by atoms with van der Waals surface area (Å²) in [5, 5.41) is 7.01. The Morgan fingerprint density at radius 1 is 1.20 bits per heavy atom. The molecule has 25 heavy (non-hydrogen) atoms. The van der Waals surface area contributed by atoms with Gasteiger partial charge in [-0.3, -0.25) is 9.69 Å². The lowest BCUT2D eigenvalue weighted by Gasteiger charge is -2.30. The summed E-state index contributed by atoms with van der Waals surface area (Å²) in [6.45, 7) is 10.6. The fourth-order valence-corrected chi connectivity index (χ4v) is 3.17. The van der Waals surface area contributed by atoms with Crippen molar-refractivity contribution < 1.29 is 9.32 Å². The van der Waals surface area contributed by atoms with E-state index in [0.717, 1.165) is 36.5 Å². The third-order valence-electron chi connectivity index (χ3n) is 4.70. The first-order valence-electron chi connectivity index (χ1n) is 9.01. The molecule has 2 aromatic rings. The molecular weight excluding hydrogens is 314 g/mol. The third kappa shape index (κ3) is 5.43. The van der Waals surface area contributed by atoms with Crippen LogP contribution in [0.3, 0.4) is 0 Å². The van der Waals surface area contributed by atoms with Crippen LogP contribution in [-0.2, 0) is 17.6 Å². The number of aryl methyl sites for hydroxylation is 2. The highest BCUT2D eigenvalue weighted by Crippen LogP contribution is 2.13. The van der Waals surface area contributed by atoms with Gasteiger partial charge < -0.3 is 9.84 Å². The minimum Gasteiger partial charge on any atom is -0.361 e. The molecule has 1 aromatic heterocycles. The van der Waals surface area contributed by atoms with Crippen LogP contribution in [-0.4, -0.2) is 41.6 Å². The lowest BCUT2D eigenvalue weighted by Crippen LogP contribution is -2.45. The predicted molar refractivity (Wildman–Crippen MR) is 99.5 cm³/mol. The standard InChI is InChI=1S/C20H29N3O2/c1-5-23(6-2)18(12-17-10-8-7-9-11-17)14-21-20(24)13-19-15(3)22-25-16(19)4/h7-11,18H,5-6,12-14H2,1-4H3,(H,21,24). The Morgan fingerprint density at radius 2 is 1.88 bits per heavy atom. The van der Waals surface area contributed by atoms with Gasteiger partial charge in [-0.15, -0.1) is 0 Å². The number of rotatable bonds is 9. The molecule has 0 spiro atoms. The summed E-state index contributed by atoms with van der Waals surface area (Å²) in [7, 11) is 0. The second kappa shape index (κ2) is 9.37. The van der Waals surface area contributed by atoms with Crippen LogP contribution >= 0.6 is 0 Å². The van der Waals surface area contributed by atoms with Crippen LogP contribution in [0.5, 0.6) is 0 Å². The van der Waals surface area contributed by atoms with Crippen molar-refractivity contribution in [2.75, 3.05) is 19.6 Å². The average Bonchev–Trinajstić information content (AvgIpc) is 2.93. The highest BCUT2D eigenvalue weighted by molar-refractivity contribution is 5.79. The molecule has 1 unspecified atom stereocenters. The van der Waals surface area contributed by atoms with Gasteiger partial charge in [-0.2, -0.15) is 0 Å². The molecule has 2 rings (SSSR count). The molecule has 1 N–H and O–H groups in total. The van der Waals surface area contributed by atoms with E-state index >= 15 is 0 Å². The van der Waals surface area contributed by atoms with E-state index in [-0.39, 0.29) is 11.9 Å². The van der Waals surface area contributed by atoms with Crippen molar-refractivity contribution in [1.82, 2.24) is 15.4 Å². The number of amides is 1. The van der Waals surface area contributed by atoms with Gasteiger partial charge in [0.25, 0.3) is 0 Å². The van der Waals surface area contributed by atoms with Gasteiger partial charge in [0.15, 0.2) is 0 Å². The normalized spacial score (nSPS) is 12.4. The van der Waals surface area contributed by atoms with Crippen LogP contribution in [0.1, 0.15) is 36.4 Å². The van der Waals surface area contributed by atoms with Crippen molar-refractivity contribution in [3.63, 3.8) is 0 Å². The molecule has 0 aliphatic heterocycles. The number of hydrogen-bond acceptors (Lipinski definition) is 4. The van der Waals surface area contributed by atoms with E-state index in [9.17, 15) is 4.79 Å². The maximum absolute atomic E-state index is 12.4. The molecule has 0 saturated carbocycles. The Kier molecular flexibility index (Phi) is 7.19. The van der Waals surface area contributed by atoms with E-state index in [1.54, 1.807) is 0 Å². The topological polar surface area (TPSA) is 58.4 Å². The minimum absolute atomic E-state index is 0.0135. The molecule has 1 heterocycles. The fourth-order valence-electron chi connectivity index (χ4n) is 3.17. The van der Waals surface area contributed by atoms with Crippen molar-refractivity contribution in [2.24, 2.45) is 0 Å². The first-order valence-corrected chi connectivity index (χ1v) is 9.01. The first kappa shape index (κ1) is 19.2. The second-order valence-electron chi connectivity index (χ2n) is 6.35. The lowest BCUT2D eigenvalue weighted by atomic mass is 10.0. The van der Waals surface area contributed by atoms with Crippen LogP contribution in [0.2, 0.25) is 0 Å². The zero-order valence-corrected chi connectivity index (χ0v) is 15.7. The van der Waals surface area contributed by atoms with Crippen molar-refractivity contribution in [3.8, 4) is 0 Å². The summed E-state index contributed by atoms with van der Waals surface area (Å²) in [6.07, 6.45) is 1.24. The summed E-state index contributed by atoms with van der Waals surface area (Å²) in [5.41, 5.74) is 2.97. The Hall–Kier alpha value is -2.14. The summed E-state index contributed by atoms with van der Waals surface area (Å²) < 4.78 is 5.14. The molecule has 0 saturated heterocycles. The molecule has 0 fully saturated rings. The van der Waals surface area contributed by atoms with Crippen LogP contribution in [0.4, 0.5) is 0 Å². The predicted octanol–water partition coefficient (Wildman–Crippen LogP) is 2.90. The number of benzene rings is 1. The van der Waals surface area contributed by atoms with Crippen LogP contribution in [0, 0.1) is 13.8 Å². The Balaban J connectivity index is 1.97. The quantitative estimate of drug-likeness (QED) is 0.760. The second-order valence-corrected chi connectivity index (χ2v) is 6.35. The lowest BCUT2D eigenvalue weighted by molar-refractivity contribution is -0.120. The van der Waals surface area contributed by atoms with Crippen molar-refractivity contribution in [3.05, 3.63) is 52.9 Å². The average molecular weight is 343 g/mol. The molecule has 5 heteroatoms. The van der Waals surface area contributed by atoms with Gasteiger partial charge in [0.05, 0.1) is 12.1 Å². The summed E-state index contributed by atoms with van der Waals surface area (Å²) in [4.78, 5) is 14.8. The zero-order chi connectivity index (χ0) is 18.2. The van der Waals surface area contributed by atoms with Crippen molar-refractivity contribution in [1.29, 1.82) is 0 Å². The molecule has 1 amide bonds. The molecule has 0 aliphatic carbocycles. The number of aromatic nitrogens is 1. The molecule has 1 aromatic carbocycles. The smallest absolute Gasteiger partial charge is 0.224 e. The van der Waals surface area contributed by atoms with Crippen LogP contribution < -0.4 is 5.32 Å². The van der Waals surface area contributed by atoms with Crippen LogP contribution in [0.15, 0.2) is 34.9 Å². The SMILES string of the molecule is CCN(CC)C(CNC(=O)Cc1c(C)noc1C)Cc1ccccc1. The Labute approximate surface area is 150 Å². The summed E-state index contributed by atoms with van der Waals surface area (Å²) >= 11 is 0. The highest BCUT2D eigenvalue weighted by atomic mass is 16.5. The number of nitrogens with zero attached hydrogens (tertiary/aromatic N) is 2. The van der Waals surface area contributed by atoms with E-state index in [1.807, 2.05) is 19.9 Å². The maximum Gasteiger partial charge on any atom is 0.224 e. The number of nitrogens with one attached hydrogen (secondary N) is 1. The van der Waals surface area contributed by atoms with Gasteiger partial charge in [-0.1, -0.05) is 49.3 Å². The number of hydrogen-bond donors (Lipinski definition) is 1. The Bertz CT molecular complexity index is 643. The number of carbonyl (C=O) groups is 1. The Morgan fingerprint density at radius 3 is 2.44 bits per heavy atom. The highest BCUT2D eigenvalue weighted by Gasteiger charge is 2.19. The van der Waals surface area contributed by atoms with Gasteiger partial charge in [0, 0.05) is 18.2 Å². The van der Waals surface area contributed by atoms with Gasteiger partial charge in [-0.05, 0) is 38.9 Å². The fraction of sp³-hybridized carbons (Fsp3) is 0.500. The van der Waals surface area contributed by atoms with Crippen LogP contribution in [0.25, 0.3) is 0 Å². The molecule has 0 bridgehead atoms. The maximum atomic E-state index is 12.4. The molecule has 136 valence electrons. The molecule has 5 nitrogen and oxygen atoms in total. The van der Waals surface area contributed by atoms with E-state index in [1.165, 1.54) is 5.56 Å². The monoisotopic (exact) mass is 343 g/mol. The first-order chi connectivity index (χ1) is 12.0. The van der Waals surface area contributed by atoms with Crippen molar-refractivity contribution in [2.45, 2.75) is 46.6 Å². The number of carbonyl (C=O) groups excluding carboxylic acids is 1. The van der Waals surface area contributed by atoms with Gasteiger partial charge in [0.1, 0.15) is 5.76 Å². The van der Waals surface area contributed by atoms with Gasteiger partial charge in [-0.25, -0.2) is 0 Å². The van der Waals surface area contributed by atoms with Gasteiger partial charge in [0.2, 0.25) is 5.91 Å².